The van der Waals surface area contributed by atoms with E-state index >= 15 is 0 Å². The lowest BCUT2D eigenvalue weighted by Crippen LogP contribution is -2.23. The third-order valence-electron chi connectivity index (χ3n) is 5.02. The summed E-state index contributed by atoms with van der Waals surface area (Å²) in [4.78, 5) is 15.1. The second kappa shape index (κ2) is 6.78. The Morgan fingerprint density at radius 2 is 2.03 bits per heavy atom. The van der Waals surface area contributed by atoms with Crippen molar-refractivity contribution in [3.8, 4) is 5.88 Å². The second-order valence-corrected chi connectivity index (χ2v) is 7.10. The quantitative estimate of drug-likeness (QED) is 0.493. The number of nitrogens with zero attached hydrogens (tertiary/aromatic N) is 9. The van der Waals surface area contributed by atoms with Gasteiger partial charge in [-0.15, -0.1) is 15.3 Å². The standard InChI is InChI=1S/C17H16F3N9O/c1-27-9-23-13-14(27)21-8-22-15(13)28-5-4-10(6-28)7-30-12-3-2-11-24-25-16(17(18,19)20)29(11)26-12/h2-3,8-10H,4-7H2,1H3. The number of hydrogen-bond acceptors (Lipinski definition) is 8. The maximum Gasteiger partial charge on any atom is 0.453 e. The van der Waals surface area contributed by atoms with Gasteiger partial charge in [-0.1, -0.05) is 0 Å². The van der Waals surface area contributed by atoms with E-state index in [1.165, 1.54) is 18.5 Å². The summed E-state index contributed by atoms with van der Waals surface area (Å²) in [5, 5.41) is 10.5. The van der Waals surface area contributed by atoms with Crippen molar-refractivity contribution in [3.63, 3.8) is 0 Å². The van der Waals surface area contributed by atoms with E-state index in [1.54, 1.807) is 6.33 Å². The van der Waals surface area contributed by atoms with E-state index in [0.29, 0.717) is 17.7 Å². The molecule has 13 heteroatoms. The number of halogens is 3. The van der Waals surface area contributed by atoms with Crippen LogP contribution in [0.1, 0.15) is 12.2 Å². The monoisotopic (exact) mass is 419 g/mol. The number of rotatable bonds is 4. The first-order valence-electron chi connectivity index (χ1n) is 9.19. The van der Waals surface area contributed by atoms with Gasteiger partial charge in [0.05, 0.1) is 12.9 Å². The number of ether oxygens (including phenoxy) is 1. The summed E-state index contributed by atoms with van der Waals surface area (Å²) in [7, 11) is 1.87. The van der Waals surface area contributed by atoms with Crippen molar-refractivity contribution in [2.75, 3.05) is 24.6 Å². The van der Waals surface area contributed by atoms with Gasteiger partial charge in [0.15, 0.2) is 22.6 Å². The van der Waals surface area contributed by atoms with Crippen LogP contribution in [0.25, 0.3) is 16.8 Å². The van der Waals surface area contributed by atoms with Gasteiger partial charge in [0, 0.05) is 32.1 Å². The van der Waals surface area contributed by atoms with E-state index in [1.807, 2.05) is 11.6 Å². The molecule has 0 spiro atoms. The maximum absolute atomic E-state index is 13.0. The number of hydrogen-bond donors (Lipinski definition) is 0. The normalized spacial score (nSPS) is 17.3. The van der Waals surface area contributed by atoms with Crippen LogP contribution in [-0.2, 0) is 13.2 Å². The predicted molar refractivity (Wildman–Crippen MR) is 97.9 cm³/mol. The molecule has 5 rings (SSSR count). The van der Waals surface area contributed by atoms with Crippen LogP contribution < -0.4 is 9.64 Å². The van der Waals surface area contributed by atoms with Crippen LogP contribution in [0, 0.1) is 5.92 Å². The molecule has 1 aliphatic heterocycles. The SMILES string of the molecule is Cn1cnc2c(N3CCC(COc4ccc5nnc(C(F)(F)F)n5n4)C3)ncnc21. The van der Waals surface area contributed by atoms with Crippen LogP contribution in [0.4, 0.5) is 19.0 Å². The zero-order chi connectivity index (χ0) is 20.9. The molecule has 10 nitrogen and oxygen atoms in total. The molecule has 4 aromatic rings. The Hall–Kier alpha value is -3.51. The highest BCUT2D eigenvalue weighted by Gasteiger charge is 2.37. The van der Waals surface area contributed by atoms with Gasteiger partial charge < -0.3 is 14.2 Å². The molecular weight excluding hydrogens is 403 g/mol. The van der Waals surface area contributed by atoms with E-state index in [4.69, 9.17) is 4.74 Å². The largest absolute Gasteiger partial charge is 0.476 e. The lowest BCUT2D eigenvalue weighted by molar-refractivity contribution is -0.146. The lowest BCUT2D eigenvalue weighted by Gasteiger charge is -2.17. The number of aryl methyl sites for hydroxylation is 1. The van der Waals surface area contributed by atoms with Crippen LogP contribution in [0.3, 0.4) is 0 Å². The summed E-state index contributed by atoms with van der Waals surface area (Å²) in [6.45, 7) is 1.77. The van der Waals surface area contributed by atoms with Gasteiger partial charge in [0.25, 0.3) is 5.82 Å². The Labute approximate surface area is 167 Å². The summed E-state index contributed by atoms with van der Waals surface area (Å²) in [5.74, 6) is -0.167. The third kappa shape index (κ3) is 3.15. The van der Waals surface area contributed by atoms with Crippen molar-refractivity contribution in [2.45, 2.75) is 12.6 Å². The molecule has 0 N–H and O–H groups in total. The van der Waals surface area contributed by atoms with Crippen LogP contribution in [0.2, 0.25) is 0 Å². The average molecular weight is 419 g/mol. The molecule has 0 saturated carbocycles. The Morgan fingerprint density at radius 3 is 2.87 bits per heavy atom. The Bertz CT molecular complexity index is 1220. The van der Waals surface area contributed by atoms with Gasteiger partial charge in [0.1, 0.15) is 6.33 Å². The fraction of sp³-hybridized carbons (Fsp3) is 0.412. The Balaban J connectivity index is 1.29. The van der Waals surface area contributed by atoms with E-state index in [2.05, 4.69) is 35.1 Å². The molecule has 1 unspecified atom stereocenters. The summed E-state index contributed by atoms with van der Waals surface area (Å²) in [6, 6.07) is 2.88. The van der Waals surface area contributed by atoms with Crippen molar-refractivity contribution in [1.29, 1.82) is 0 Å². The third-order valence-corrected chi connectivity index (χ3v) is 5.02. The van der Waals surface area contributed by atoms with Crippen LogP contribution in [0.5, 0.6) is 5.88 Å². The predicted octanol–water partition coefficient (Wildman–Crippen LogP) is 1.73. The van der Waals surface area contributed by atoms with Crippen molar-refractivity contribution < 1.29 is 17.9 Å². The molecule has 0 bridgehead atoms. The minimum absolute atomic E-state index is 0.00450. The van der Waals surface area contributed by atoms with E-state index in [0.717, 1.165) is 29.9 Å². The molecule has 1 aliphatic rings. The van der Waals surface area contributed by atoms with Crippen molar-refractivity contribution in [3.05, 3.63) is 30.6 Å². The zero-order valence-electron chi connectivity index (χ0n) is 15.8. The number of fused-ring (bicyclic) bond motifs is 2. The number of imidazole rings is 1. The van der Waals surface area contributed by atoms with Gasteiger partial charge in [-0.25, -0.2) is 15.0 Å². The fourth-order valence-electron chi connectivity index (χ4n) is 3.55. The molecule has 0 aromatic carbocycles. The molecule has 4 aromatic heterocycles. The zero-order valence-corrected chi connectivity index (χ0v) is 15.8. The molecular formula is C17H16F3N9O. The summed E-state index contributed by atoms with van der Waals surface area (Å²) in [6.07, 6.45) is -0.590. The van der Waals surface area contributed by atoms with Gasteiger partial charge in [-0.2, -0.15) is 17.7 Å². The molecule has 0 amide bonds. The Kier molecular flexibility index (Phi) is 4.18. The minimum atomic E-state index is -4.65. The smallest absolute Gasteiger partial charge is 0.453 e. The topological polar surface area (TPSA) is 99.2 Å². The fourth-order valence-corrected chi connectivity index (χ4v) is 3.55. The lowest BCUT2D eigenvalue weighted by atomic mass is 10.1. The van der Waals surface area contributed by atoms with Gasteiger partial charge in [-0.3, -0.25) is 0 Å². The molecule has 156 valence electrons. The van der Waals surface area contributed by atoms with Crippen molar-refractivity contribution in [2.24, 2.45) is 13.0 Å². The van der Waals surface area contributed by atoms with Crippen LogP contribution in [0.15, 0.2) is 24.8 Å². The molecule has 1 atom stereocenters. The van der Waals surface area contributed by atoms with E-state index in [-0.39, 0.29) is 17.4 Å². The first kappa shape index (κ1) is 18.5. The maximum atomic E-state index is 13.0. The molecule has 1 fully saturated rings. The van der Waals surface area contributed by atoms with Gasteiger partial charge >= 0.3 is 6.18 Å². The first-order chi connectivity index (χ1) is 14.4. The molecule has 5 heterocycles. The number of alkyl halides is 3. The summed E-state index contributed by atoms with van der Waals surface area (Å²) < 4.78 is 47.2. The second-order valence-electron chi connectivity index (χ2n) is 7.10. The van der Waals surface area contributed by atoms with Crippen molar-refractivity contribution >= 4 is 22.6 Å². The average Bonchev–Trinajstić information content (AvgIpc) is 3.44. The van der Waals surface area contributed by atoms with Gasteiger partial charge in [-0.05, 0) is 12.5 Å². The molecule has 0 aliphatic carbocycles. The summed E-state index contributed by atoms with van der Waals surface area (Å²) >= 11 is 0. The van der Waals surface area contributed by atoms with Crippen molar-refractivity contribution in [1.82, 2.24) is 39.3 Å². The molecule has 30 heavy (non-hydrogen) atoms. The highest BCUT2D eigenvalue weighted by Crippen LogP contribution is 2.29. The molecule has 0 radical (unpaired) electrons. The van der Waals surface area contributed by atoms with E-state index in [9.17, 15) is 13.2 Å². The highest BCUT2D eigenvalue weighted by molar-refractivity contribution is 5.83. The minimum Gasteiger partial charge on any atom is -0.476 e. The van der Waals surface area contributed by atoms with Gasteiger partial charge in [0.2, 0.25) is 5.88 Å². The first-order valence-corrected chi connectivity index (χ1v) is 9.19. The molecule has 1 saturated heterocycles. The van der Waals surface area contributed by atoms with E-state index < -0.39 is 12.0 Å². The summed E-state index contributed by atoms with van der Waals surface area (Å²) in [5.41, 5.74) is 1.50. The van der Waals surface area contributed by atoms with Crippen LogP contribution in [-0.4, -0.2) is 59.0 Å². The highest BCUT2D eigenvalue weighted by atomic mass is 19.4. The number of anilines is 1. The Morgan fingerprint density at radius 1 is 1.17 bits per heavy atom. The van der Waals surface area contributed by atoms with Crippen LogP contribution >= 0.6 is 0 Å². The number of aromatic nitrogens is 8.